The monoisotopic (exact) mass is 549 g/mol. The predicted molar refractivity (Wildman–Crippen MR) is 113 cm³/mol. The zero-order chi connectivity index (χ0) is 21.5. The average molecular weight is 551 g/mol. The van der Waals surface area contributed by atoms with Crippen molar-refractivity contribution < 1.29 is 27.7 Å². The van der Waals surface area contributed by atoms with Gasteiger partial charge in [-0.2, -0.15) is 4.80 Å². The molecule has 0 spiro atoms. The van der Waals surface area contributed by atoms with Crippen LogP contribution in [-0.4, -0.2) is 61.7 Å². The number of aromatic nitrogens is 3. The van der Waals surface area contributed by atoms with E-state index in [1.165, 1.54) is 4.80 Å². The lowest BCUT2D eigenvalue weighted by Gasteiger charge is -2.10. The minimum absolute atomic E-state index is 0.00490. The molecule has 7 nitrogen and oxygen atoms in total. The van der Waals surface area contributed by atoms with Gasteiger partial charge in [-0.25, -0.2) is 8.78 Å². The van der Waals surface area contributed by atoms with Crippen molar-refractivity contribution in [2.75, 3.05) is 46.8 Å². The maximum Gasteiger partial charge on any atom is 0.190 e. The minimum Gasteiger partial charge on any atom is -0.485 e. The Morgan fingerprint density at radius 3 is 1.87 bits per heavy atom. The number of ether oxygens (including phenoxy) is 4. The summed E-state index contributed by atoms with van der Waals surface area (Å²) in [4.78, 5) is 1.17. The van der Waals surface area contributed by atoms with E-state index in [1.54, 1.807) is 19.2 Å². The van der Waals surface area contributed by atoms with Gasteiger partial charge in [0.15, 0.2) is 17.4 Å². The maximum absolute atomic E-state index is 14.4. The molecular formula is C19H19Br2F2N3O4. The summed E-state index contributed by atoms with van der Waals surface area (Å²) in [6.07, 6.45) is 0. The van der Waals surface area contributed by atoms with Crippen molar-refractivity contribution in [1.82, 2.24) is 15.0 Å². The zero-order valence-corrected chi connectivity index (χ0v) is 19.2. The highest BCUT2D eigenvalue weighted by molar-refractivity contribution is 9.11. The number of nitrogens with zero attached hydrogens (tertiary/aromatic N) is 3. The van der Waals surface area contributed by atoms with Gasteiger partial charge in [-0.15, -0.1) is 10.2 Å². The molecule has 0 amide bonds. The number of fused-ring (bicyclic) bond motifs is 1. The topological polar surface area (TPSA) is 67.6 Å². The van der Waals surface area contributed by atoms with Crippen LogP contribution in [0.4, 0.5) is 8.78 Å². The zero-order valence-electron chi connectivity index (χ0n) is 16.0. The molecule has 0 bridgehead atoms. The van der Waals surface area contributed by atoms with E-state index in [0.717, 1.165) is 21.1 Å². The van der Waals surface area contributed by atoms with E-state index in [-0.39, 0.29) is 18.9 Å². The fourth-order valence-electron chi connectivity index (χ4n) is 2.51. The number of hydrogen-bond acceptors (Lipinski definition) is 6. The van der Waals surface area contributed by atoms with Crippen molar-refractivity contribution in [3.05, 3.63) is 44.8 Å². The molecule has 162 valence electrons. The van der Waals surface area contributed by atoms with Crippen molar-refractivity contribution in [3.63, 3.8) is 0 Å². The van der Waals surface area contributed by atoms with Gasteiger partial charge in [0.05, 0.1) is 38.7 Å². The molecule has 0 aliphatic rings. The summed E-state index contributed by atoms with van der Waals surface area (Å²) in [5, 5.41) is 8.59. The molecule has 0 unspecified atom stereocenters. The molecular weight excluding hydrogens is 532 g/mol. The molecule has 0 fully saturated rings. The van der Waals surface area contributed by atoms with Crippen LogP contribution in [0, 0.1) is 11.6 Å². The van der Waals surface area contributed by atoms with Crippen LogP contribution in [-0.2, 0) is 14.2 Å². The van der Waals surface area contributed by atoms with E-state index in [4.69, 9.17) is 18.9 Å². The molecule has 1 aromatic heterocycles. The Hall–Kier alpha value is -1.66. The first-order valence-corrected chi connectivity index (χ1v) is 10.6. The van der Waals surface area contributed by atoms with Crippen molar-refractivity contribution in [3.8, 4) is 11.4 Å². The van der Waals surface area contributed by atoms with E-state index in [0.29, 0.717) is 37.5 Å². The normalized spacial score (nSPS) is 11.4. The Balaban J connectivity index is 1.59. The summed E-state index contributed by atoms with van der Waals surface area (Å²) >= 11 is 6.78. The van der Waals surface area contributed by atoms with Gasteiger partial charge < -0.3 is 18.9 Å². The molecule has 0 atom stereocenters. The highest BCUT2D eigenvalue weighted by atomic mass is 79.9. The van der Waals surface area contributed by atoms with Crippen LogP contribution < -0.4 is 4.74 Å². The Morgan fingerprint density at radius 2 is 1.33 bits per heavy atom. The summed E-state index contributed by atoms with van der Waals surface area (Å²) < 4.78 is 50.9. The van der Waals surface area contributed by atoms with Crippen LogP contribution >= 0.6 is 31.9 Å². The third kappa shape index (κ3) is 5.73. The number of rotatable bonds is 11. The fourth-order valence-corrected chi connectivity index (χ4v) is 3.31. The highest BCUT2D eigenvalue weighted by Crippen LogP contribution is 2.29. The summed E-state index contributed by atoms with van der Waals surface area (Å²) in [7, 11) is 1.59. The molecule has 11 heteroatoms. The van der Waals surface area contributed by atoms with Crippen molar-refractivity contribution in [2.45, 2.75) is 0 Å². The van der Waals surface area contributed by atoms with E-state index in [2.05, 4.69) is 42.1 Å². The van der Waals surface area contributed by atoms with Crippen molar-refractivity contribution in [1.29, 1.82) is 0 Å². The van der Waals surface area contributed by atoms with Gasteiger partial charge in [-0.05, 0) is 44.0 Å². The fraction of sp³-hybridized carbons (Fsp3) is 0.368. The molecule has 0 saturated carbocycles. The molecule has 0 N–H and O–H groups in total. The number of halogens is 4. The van der Waals surface area contributed by atoms with Gasteiger partial charge in [0, 0.05) is 28.2 Å². The van der Waals surface area contributed by atoms with E-state index >= 15 is 0 Å². The molecule has 0 aliphatic heterocycles. The van der Waals surface area contributed by atoms with Crippen LogP contribution in [0.15, 0.2) is 33.2 Å². The number of hydrogen-bond donors (Lipinski definition) is 0. The van der Waals surface area contributed by atoms with Gasteiger partial charge in [-0.1, -0.05) is 0 Å². The molecule has 0 radical (unpaired) electrons. The largest absolute Gasteiger partial charge is 0.485 e. The number of benzene rings is 2. The SMILES string of the molecule is COCCOCCOCCOc1c(F)cc(-n2nc3c(Br)ccc(Br)c3n2)cc1F. The Kier molecular flexibility index (Phi) is 8.51. The molecule has 2 aromatic carbocycles. The van der Waals surface area contributed by atoms with E-state index in [1.807, 2.05) is 0 Å². The van der Waals surface area contributed by atoms with E-state index < -0.39 is 17.4 Å². The Morgan fingerprint density at radius 1 is 0.833 bits per heavy atom. The summed E-state index contributed by atoms with van der Waals surface area (Å²) in [5.74, 6) is -2.18. The van der Waals surface area contributed by atoms with Gasteiger partial charge in [-0.3, -0.25) is 0 Å². The second-order valence-corrected chi connectivity index (χ2v) is 7.73. The van der Waals surface area contributed by atoms with Crippen LogP contribution in [0.2, 0.25) is 0 Å². The first-order chi connectivity index (χ1) is 14.5. The first kappa shape index (κ1) is 23.0. The molecule has 3 rings (SSSR count). The standard InChI is InChI=1S/C19H19Br2F2N3O4/c1-27-4-5-28-6-7-29-8-9-30-19-15(22)10-12(11-16(19)23)26-24-17-13(20)2-3-14(21)18(17)25-26/h2-3,10-11H,4-9H2,1H3. The summed E-state index contributed by atoms with van der Waals surface area (Å²) in [6, 6.07) is 5.84. The van der Waals surface area contributed by atoms with Crippen LogP contribution in [0.1, 0.15) is 0 Å². The van der Waals surface area contributed by atoms with Gasteiger partial charge >= 0.3 is 0 Å². The second kappa shape index (κ2) is 11.1. The highest BCUT2D eigenvalue weighted by Gasteiger charge is 2.17. The third-order valence-corrected chi connectivity index (χ3v) is 5.21. The average Bonchev–Trinajstić information content (AvgIpc) is 3.18. The van der Waals surface area contributed by atoms with Gasteiger partial charge in [0.1, 0.15) is 17.6 Å². The predicted octanol–water partition coefficient (Wildman–Crippen LogP) is 4.28. The lowest BCUT2D eigenvalue weighted by atomic mass is 10.3. The van der Waals surface area contributed by atoms with Crippen LogP contribution in [0.25, 0.3) is 16.7 Å². The minimum atomic E-state index is -0.854. The smallest absolute Gasteiger partial charge is 0.190 e. The number of methoxy groups -OCH3 is 1. The maximum atomic E-state index is 14.4. The summed E-state index contributed by atoms with van der Waals surface area (Å²) in [6.45, 7) is 1.90. The van der Waals surface area contributed by atoms with Gasteiger partial charge in [0.25, 0.3) is 0 Å². The van der Waals surface area contributed by atoms with Gasteiger partial charge in [0.2, 0.25) is 0 Å². The van der Waals surface area contributed by atoms with Crippen LogP contribution in [0.5, 0.6) is 5.75 Å². The van der Waals surface area contributed by atoms with Crippen LogP contribution in [0.3, 0.4) is 0 Å². The quantitative estimate of drug-likeness (QED) is 0.332. The third-order valence-electron chi connectivity index (χ3n) is 3.93. The molecule has 0 saturated heterocycles. The molecule has 0 aliphatic carbocycles. The first-order valence-electron chi connectivity index (χ1n) is 8.99. The second-order valence-electron chi connectivity index (χ2n) is 6.02. The molecule has 3 aromatic rings. The lowest BCUT2D eigenvalue weighted by Crippen LogP contribution is -2.13. The molecule has 30 heavy (non-hydrogen) atoms. The van der Waals surface area contributed by atoms with E-state index in [9.17, 15) is 8.78 Å². The lowest BCUT2D eigenvalue weighted by molar-refractivity contribution is 0.0174. The molecule has 1 heterocycles. The Labute approximate surface area is 188 Å². The summed E-state index contributed by atoms with van der Waals surface area (Å²) in [5.41, 5.74) is 1.26. The van der Waals surface area contributed by atoms with Crippen molar-refractivity contribution >= 4 is 42.9 Å². The Bertz CT molecular complexity index is 941. The van der Waals surface area contributed by atoms with Crippen molar-refractivity contribution in [2.24, 2.45) is 0 Å².